The van der Waals surface area contributed by atoms with Crippen molar-refractivity contribution < 1.29 is 14.3 Å². The summed E-state index contributed by atoms with van der Waals surface area (Å²) in [6, 6.07) is 3.72. The van der Waals surface area contributed by atoms with Crippen LogP contribution >= 0.6 is 0 Å². The van der Waals surface area contributed by atoms with Gasteiger partial charge in [0.2, 0.25) is 0 Å². The highest BCUT2D eigenvalue weighted by Crippen LogP contribution is 2.11. The molecule has 0 saturated carbocycles. The van der Waals surface area contributed by atoms with Gasteiger partial charge in [-0.05, 0) is 18.7 Å². The van der Waals surface area contributed by atoms with E-state index in [1.807, 2.05) is 24.0 Å². The second-order valence-electron chi connectivity index (χ2n) is 4.07. The number of furan rings is 1. The Labute approximate surface area is 110 Å². The van der Waals surface area contributed by atoms with Gasteiger partial charge in [0.05, 0.1) is 18.5 Å². The van der Waals surface area contributed by atoms with E-state index >= 15 is 0 Å². The molecule has 0 atom stereocenters. The van der Waals surface area contributed by atoms with Crippen LogP contribution in [0.25, 0.3) is 0 Å². The molecule has 0 aliphatic carbocycles. The largest absolute Gasteiger partial charge is 0.478 e. The van der Waals surface area contributed by atoms with Crippen molar-refractivity contribution in [3.8, 4) is 0 Å². The maximum Gasteiger partial charge on any atom is 0.339 e. The quantitative estimate of drug-likeness (QED) is 0.854. The van der Waals surface area contributed by atoms with Crippen LogP contribution in [0.4, 0.5) is 0 Å². The van der Waals surface area contributed by atoms with Crippen LogP contribution in [0.15, 0.2) is 35.3 Å². The lowest BCUT2D eigenvalue weighted by molar-refractivity contribution is 0.0693. The van der Waals surface area contributed by atoms with Gasteiger partial charge in [0.1, 0.15) is 17.7 Å². The number of aromatic nitrogens is 2. The van der Waals surface area contributed by atoms with Gasteiger partial charge in [-0.25, -0.2) is 14.8 Å². The second kappa shape index (κ2) is 6.10. The van der Waals surface area contributed by atoms with Crippen LogP contribution in [0.1, 0.15) is 28.7 Å². The van der Waals surface area contributed by atoms with Crippen LogP contribution < -0.4 is 0 Å². The molecular weight excluding hydrogens is 246 g/mol. The zero-order valence-electron chi connectivity index (χ0n) is 10.6. The molecule has 0 fully saturated rings. The fraction of sp³-hybridized carbons (Fsp3) is 0.308. The maximum absolute atomic E-state index is 11.1. The van der Waals surface area contributed by atoms with Gasteiger partial charge < -0.3 is 9.52 Å². The number of hydrogen-bond donors (Lipinski definition) is 1. The number of carboxylic acids is 1. The molecule has 2 heterocycles. The molecule has 0 spiro atoms. The Hall–Kier alpha value is -2.21. The van der Waals surface area contributed by atoms with Crippen molar-refractivity contribution in [3.63, 3.8) is 0 Å². The summed E-state index contributed by atoms with van der Waals surface area (Å²) in [4.78, 5) is 20.9. The van der Waals surface area contributed by atoms with E-state index in [0.29, 0.717) is 18.8 Å². The summed E-state index contributed by atoms with van der Waals surface area (Å²) in [5.41, 5.74) is 0.649. The van der Waals surface area contributed by atoms with E-state index in [0.717, 1.165) is 12.3 Å². The average molecular weight is 261 g/mol. The Morgan fingerprint density at radius 3 is 2.95 bits per heavy atom. The van der Waals surface area contributed by atoms with E-state index < -0.39 is 5.97 Å². The Morgan fingerprint density at radius 2 is 2.32 bits per heavy atom. The van der Waals surface area contributed by atoms with Gasteiger partial charge in [-0.1, -0.05) is 6.92 Å². The molecular formula is C13H15N3O3. The first-order valence-corrected chi connectivity index (χ1v) is 5.97. The highest BCUT2D eigenvalue weighted by atomic mass is 16.4. The zero-order chi connectivity index (χ0) is 13.7. The van der Waals surface area contributed by atoms with Crippen molar-refractivity contribution >= 4 is 5.97 Å². The topological polar surface area (TPSA) is 79.5 Å². The molecule has 6 nitrogen and oxygen atoms in total. The third-order valence-corrected chi connectivity index (χ3v) is 2.81. The van der Waals surface area contributed by atoms with Crippen molar-refractivity contribution in [1.29, 1.82) is 0 Å². The molecule has 0 radical (unpaired) electrons. The SMILES string of the molecule is CCN(Cc1ccco1)Cc1ncncc1C(=O)O. The minimum absolute atomic E-state index is 0.139. The Morgan fingerprint density at radius 1 is 1.47 bits per heavy atom. The number of carboxylic acid groups (broad SMARTS) is 1. The highest BCUT2D eigenvalue weighted by molar-refractivity contribution is 5.88. The van der Waals surface area contributed by atoms with Crippen LogP contribution in [0.2, 0.25) is 0 Å². The Bertz CT molecular complexity index is 540. The number of nitrogens with zero attached hydrogens (tertiary/aromatic N) is 3. The van der Waals surface area contributed by atoms with Crippen molar-refractivity contribution in [1.82, 2.24) is 14.9 Å². The van der Waals surface area contributed by atoms with E-state index in [1.54, 1.807) is 6.26 Å². The summed E-state index contributed by atoms with van der Waals surface area (Å²) in [7, 11) is 0. The predicted octanol–water partition coefficient (Wildman–Crippen LogP) is 1.79. The van der Waals surface area contributed by atoms with Gasteiger partial charge in [-0.15, -0.1) is 0 Å². The van der Waals surface area contributed by atoms with Gasteiger partial charge in [0.25, 0.3) is 0 Å². The summed E-state index contributed by atoms with van der Waals surface area (Å²) in [5.74, 6) is -0.169. The maximum atomic E-state index is 11.1. The van der Waals surface area contributed by atoms with E-state index in [-0.39, 0.29) is 5.56 Å². The first-order valence-electron chi connectivity index (χ1n) is 5.97. The van der Waals surface area contributed by atoms with Crippen molar-refractivity contribution in [2.75, 3.05) is 6.54 Å². The molecule has 19 heavy (non-hydrogen) atoms. The van der Waals surface area contributed by atoms with Gasteiger partial charge in [0.15, 0.2) is 0 Å². The predicted molar refractivity (Wildman–Crippen MR) is 67.5 cm³/mol. The fourth-order valence-corrected chi connectivity index (χ4v) is 1.77. The molecule has 0 unspecified atom stereocenters. The van der Waals surface area contributed by atoms with Gasteiger partial charge in [-0.2, -0.15) is 0 Å². The van der Waals surface area contributed by atoms with E-state index in [2.05, 4.69) is 9.97 Å². The number of rotatable bonds is 6. The summed E-state index contributed by atoms with van der Waals surface area (Å²) < 4.78 is 5.29. The third-order valence-electron chi connectivity index (χ3n) is 2.81. The minimum atomic E-state index is -1.01. The molecule has 100 valence electrons. The van der Waals surface area contributed by atoms with E-state index in [4.69, 9.17) is 9.52 Å². The average Bonchev–Trinajstić information content (AvgIpc) is 2.91. The van der Waals surface area contributed by atoms with Crippen molar-refractivity contribution in [3.05, 3.63) is 47.9 Å². The molecule has 0 amide bonds. The molecule has 0 aliphatic heterocycles. The van der Waals surface area contributed by atoms with Crippen molar-refractivity contribution in [2.45, 2.75) is 20.0 Å². The molecule has 0 bridgehead atoms. The monoisotopic (exact) mass is 261 g/mol. The van der Waals surface area contributed by atoms with Crippen LogP contribution in [0, 0.1) is 0 Å². The number of aromatic carboxylic acids is 1. The molecule has 2 aromatic rings. The zero-order valence-corrected chi connectivity index (χ0v) is 10.6. The lowest BCUT2D eigenvalue weighted by atomic mass is 10.2. The summed E-state index contributed by atoms with van der Waals surface area (Å²) >= 11 is 0. The van der Waals surface area contributed by atoms with Crippen LogP contribution in [-0.4, -0.2) is 32.5 Å². The molecule has 2 rings (SSSR count). The molecule has 6 heteroatoms. The van der Waals surface area contributed by atoms with E-state index in [9.17, 15) is 4.79 Å². The molecule has 1 N–H and O–H groups in total. The summed E-state index contributed by atoms with van der Waals surface area (Å²) in [6.45, 7) is 3.84. The van der Waals surface area contributed by atoms with Crippen LogP contribution in [0.3, 0.4) is 0 Å². The highest BCUT2D eigenvalue weighted by Gasteiger charge is 2.15. The molecule has 0 saturated heterocycles. The minimum Gasteiger partial charge on any atom is -0.478 e. The smallest absolute Gasteiger partial charge is 0.339 e. The summed E-state index contributed by atoms with van der Waals surface area (Å²) in [6.07, 6.45) is 4.31. The normalized spacial score (nSPS) is 10.8. The fourth-order valence-electron chi connectivity index (χ4n) is 1.77. The van der Waals surface area contributed by atoms with Crippen molar-refractivity contribution in [2.24, 2.45) is 0 Å². The Balaban J connectivity index is 2.12. The first kappa shape index (κ1) is 13.2. The third kappa shape index (κ3) is 3.38. The van der Waals surface area contributed by atoms with E-state index in [1.165, 1.54) is 12.5 Å². The number of carbonyl (C=O) groups is 1. The molecule has 0 aromatic carbocycles. The lowest BCUT2D eigenvalue weighted by Crippen LogP contribution is -2.24. The van der Waals surface area contributed by atoms with Gasteiger partial charge >= 0.3 is 5.97 Å². The summed E-state index contributed by atoms with van der Waals surface area (Å²) in [5, 5.41) is 9.09. The molecule has 0 aliphatic rings. The van der Waals surface area contributed by atoms with Gasteiger partial charge in [-0.3, -0.25) is 4.90 Å². The standard InChI is InChI=1S/C13H15N3O3/c1-2-16(7-10-4-3-5-19-10)8-12-11(13(17)18)6-14-9-15-12/h3-6,9H,2,7-8H2,1H3,(H,17,18). The Kier molecular flexibility index (Phi) is 4.25. The van der Waals surface area contributed by atoms with Gasteiger partial charge in [0, 0.05) is 12.7 Å². The second-order valence-corrected chi connectivity index (χ2v) is 4.07. The molecule has 2 aromatic heterocycles. The lowest BCUT2D eigenvalue weighted by Gasteiger charge is -2.19. The number of hydrogen-bond acceptors (Lipinski definition) is 5. The first-order chi connectivity index (χ1) is 9.20. The van der Waals surface area contributed by atoms with Crippen LogP contribution in [-0.2, 0) is 13.1 Å². The van der Waals surface area contributed by atoms with Crippen LogP contribution in [0.5, 0.6) is 0 Å².